The van der Waals surface area contributed by atoms with Crippen LogP contribution in [0, 0.1) is 0 Å². The zero-order valence-electron chi connectivity index (χ0n) is 9.87. The van der Waals surface area contributed by atoms with Crippen LogP contribution in [0.1, 0.15) is 13.3 Å². The first-order valence-electron chi connectivity index (χ1n) is 5.95. The van der Waals surface area contributed by atoms with E-state index in [1.807, 2.05) is 0 Å². The van der Waals surface area contributed by atoms with Gasteiger partial charge in [0.05, 0.1) is 12.1 Å². The van der Waals surface area contributed by atoms with E-state index in [2.05, 4.69) is 29.1 Å². The van der Waals surface area contributed by atoms with Crippen molar-refractivity contribution in [2.24, 2.45) is 0 Å². The molecule has 0 aromatic rings. The molecule has 0 bridgehead atoms. The highest BCUT2D eigenvalue weighted by Crippen LogP contribution is 2.31. The lowest BCUT2D eigenvalue weighted by Crippen LogP contribution is -2.59. The monoisotopic (exact) mass is 213 g/mol. The zero-order chi connectivity index (χ0) is 10.9. The molecule has 2 unspecified atom stereocenters. The van der Waals surface area contributed by atoms with Crippen LogP contribution in [0.3, 0.4) is 0 Å². The summed E-state index contributed by atoms with van der Waals surface area (Å²) in [6.07, 6.45) is 1.10. The molecule has 0 saturated carbocycles. The predicted molar refractivity (Wildman–Crippen MR) is 61.0 cm³/mol. The van der Waals surface area contributed by atoms with Crippen molar-refractivity contribution in [2.45, 2.75) is 24.9 Å². The molecule has 2 fully saturated rings. The fourth-order valence-electron chi connectivity index (χ4n) is 2.97. The highest BCUT2D eigenvalue weighted by Gasteiger charge is 2.44. The molecular weight excluding hydrogens is 190 g/mol. The quantitative estimate of drug-likeness (QED) is 0.639. The van der Waals surface area contributed by atoms with Crippen molar-refractivity contribution in [1.29, 1.82) is 0 Å². The Hall–Kier alpha value is -0.160. The van der Waals surface area contributed by atoms with Crippen LogP contribution in [0.5, 0.6) is 0 Å². The molecule has 0 aromatic heterocycles. The Balaban J connectivity index is 2.07. The number of rotatable bonds is 2. The van der Waals surface area contributed by atoms with E-state index < -0.39 is 0 Å². The summed E-state index contributed by atoms with van der Waals surface area (Å²) in [6.45, 7) is 7.80. The first-order valence-corrected chi connectivity index (χ1v) is 5.95. The molecule has 2 atom stereocenters. The van der Waals surface area contributed by atoms with Crippen molar-refractivity contribution in [2.75, 3.05) is 46.4 Å². The molecule has 15 heavy (non-hydrogen) atoms. The molecule has 4 nitrogen and oxygen atoms in total. The van der Waals surface area contributed by atoms with Gasteiger partial charge in [0.25, 0.3) is 0 Å². The van der Waals surface area contributed by atoms with Crippen molar-refractivity contribution in [1.82, 2.24) is 15.1 Å². The molecule has 4 heteroatoms. The molecule has 0 amide bonds. The lowest BCUT2D eigenvalue weighted by molar-refractivity contribution is 0.0283. The molecule has 2 saturated heterocycles. The third-order valence-corrected chi connectivity index (χ3v) is 4.05. The van der Waals surface area contributed by atoms with Crippen molar-refractivity contribution in [3.05, 3.63) is 0 Å². The van der Waals surface area contributed by atoms with E-state index in [0.717, 1.165) is 39.1 Å². The Morgan fingerprint density at radius 2 is 2.07 bits per heavy atom. The van der Waals surface area contributed by atoms with Gasteiger partial charge in [0.15, 0.2) is 0 Å². The summed E-state index contributed by atoms with van der Waals surface area (Å²) in [5.74, 6) is 0. The minimum atomic E-state index is 0.0241. The number of likely N-dealkylation sites (N-methyl/N-ethyl adjacent to an activating group) is 1. The number of aliphatic hydroxyl groups excluding tert-OH is 1. The summed E-state index contributed by atoms with van der Waals surface area (Å²) in [4.78, 5) is 4.84. The third-order valence-electron chi connectivity index (χ3n) is 4.05. The molecular formula is C11H23N3O. The standard InChI is InChI=1S/C11H23N3O/c1-10-7-11(9-15,8-13(10)2)14-5-3-12-4-6-14/h10,12,15H,3-9H2,1-2H3. The Morgan fingerprint density at radius 1 is 1.40 bits per heavy atom. The second-order valence-electron chi connectivity index (χ2n) is 5.09. The molecule has 2 heterocycles. The highest BCUT2D eigenvalue weighted by molar-refractivity contribution is 5.02. The molecule has 0 aromatic carbocycles. The van der Waals surface area contributed by atoms with Gasteiger partial charge in [-0.3, -0.25) is 4.90 Å². The van der Waals surface area contributed by atoms with Gasteiger partial charge in [-0.25, -0.2) is 0 Å². The summed E-state index contributed by atoms with van der Waals surface area (Å²) in [5.41, 5.74) is 0.0241. The van der Waals surface area contributed by atoms with Crippen LogP contribution in [-0.2, 0) is 0 Å². The maximum atomic E-state index is 9.72. The predicted octanol–water partition coefficient (Wildman–Crippen LogP) is -0.653. The topological polar surface area (TPSA) is 38.7 Å². The second kappa shape index (κ2) is 4.37. The van der Waals surface area contributed by atoms with Crippen LogP contribution < -0.4 is 5.32 Å². The van der Waals surface area contributed by atoms with E-state index in [-0.39, 0.29) is 5.54 Å². The summed E-state index contributed by atoms with van der Waals surface area (Å²) in [7, 11) is 2.16. The number of aliphatic hydroxyl groups is 1. The third kappa shape index (κ3) is 2.04. The molecule has 2 aliphatic rings. The van der Waals surface area contributed by atoms with E-state index >= 15 is 0 Å². The van der Waals surface area contributed by atoms with Gasteiger partial charge in [0, 0.05) is 38.8 Å². The Morgan fingerprint density at radius 3 is 2.53 bits per heavy atom. The SMILES string of the molecule is CC1CC(CO)(N2CCNCC2)CN1C. The number of nitrogens with zero attached hydrogens (tertiary/aromatic N) is 2. The smallest absolute Gasteiger partial charge is 0.0628 e. The van der Waals surface area contributed by atoms with Gasteiger partial charge in [-0.2, -0.15) is 0 Å². The molecule has 2 N–H and O–H groups in total. The average molecular weight is 213 g/mol. The van der Waals surface area contributed by atoms with Crippen molar-refractivity contribution in [3.8, 4) is 0 Å². The van der Waals surface area contributed by atoms with Crippen LogP contribution >= 0.6 is 0 Å². The highest BCUT2D eigenvalue weighted by atomic mass is 16.3. The summed E-state index contributed by atoms with van der Waals surface area (Å²) in [5, 5.41) is 13.1. The fraction of sp³-hybridized carbons (Fsp3) is 1.00. The largest absolute Gasteiger partial charge is 0.394 e. The number of nitrogens with one attached hydrogen (secondary N) is 1. The van der Waals surface area contributed by atoms with Crippen LogP contribution in [0.4, 0.5) is 0 Å². The zero-order valence-corrected chi connectivity index (χ0v) is 9.87. The lowest BCUT2D eigenvalue weighted by Gasteiger charge is -2.42. The second-order valence-corrected chi connectivity index (χ2v) is 5.09. The van der Waals surface area contributed by atoms with Gasteiger partial charge in [-0.15, -0.1) is 0 Å². The van der Waals surface area contributed by atoms with Crippen LogP contribution in [0.15, 0.2) is 0 Å². The first-order chi connectivity index (χ1) is 7.18. The van der Waals surface area contributed by atoms with Crippen LogP contribution in [0.25, 0.3) is 0 Å². The summed E-state index contributed by atoms with van der Waals surface area (Å²) in [6, 6.07) is 0.590. The van der Waals surface area contributed by atoms with Gasteiger partial charge >= 0.3 is 0 Å². The maximum absolute atomic E-state index is 9.72. The van der Waals surface area contributed by atoms with E-state index in [1.165, 1.54) is 0 Å². The Bertz CT molecular complexity index is 206. The molecule has 2 aliphatic heterocycles. The normalized spacial score (nSPS) is 39.8. The van der Waals surface area contributed by atoms with Crippen molar-refractivity contribution >= 4 is 0 Å². The van der Waals surface area contributed by atoms with Gasteiger partial charge in [-0.1, -0.05) is 0 Å². The van der Waals surface area contributed by atoms with Gasteiger partial charge in [0.1, 0.15) is 0 Å². The minimum absolute atomic E-state index is 0.0241. The molecule has 0 spiro atoms. The first kappa shape index (κ1) is 11.3. The van der Waals surface area contributed by atoms with Crippen LogP contribution in [0.2, 0.25) is 0 Å². The van der Waals surface area contributed by atoms with Crippen LogP contribution in [-0.4, -0.2) is 72.9 Å². The number of hydrogen-bond acceptors (Lipinski definition) is 4. The Kier molecular flexibility index (Phi) is 3.30. The number of piperazine rings is 1. The van der Waals surface area contributed by atoms with E-state index in [4.69, 9.17) is 0 Å². The molecule has 88 valence electrons. The molecule has 0 aliphatic carbocycles. The summed E-state index contributed by atoms with van der Waals surface area (Å²) >= 11 is 0. The lowest BCUT2D eigenvalue weighted by atomic mass is 9.94. The van der Waals surface area contributed by atoms with Crippen molar-refractivity contribution < 1.29 is 5.11 Å². The van der Waals surface area contributed by atoms with Gasteiger partial charge < -0.3 is 15.3 Å². The van der Waals surface area contributed by atoms with E-state index in [9.17, 15) is 5.11 Å². The number of likely N-dealkylation sites (tertiary alicyclic amines) is 1. The van der Waals surface area contributed by atoms with E-state index in [1.54, 1.807) is 0 Å². The summed E-state index contributed by atoms with van der Waals surface area (Å²) < 4.78 is 0. The number of hydrogen-bond donors (Lipinski definition) is 2. The average Bonchev–Trinajstić information content (AvgIpc) is 2.57. The molecule has 0 radical (unpaired) electrons. The van der Waals surface area contributed by atoms with Crippen molar-refractivity contribution in [3.63, 3.8) is 0 Å². The molecule has 2 rings (SSSR count). The maximum Gasteiger partial charge on any atom is 0.0628 e. The fourth-order valence-corrected chi connectivity index (χ4v) is 2.97. The van der Waals surface area contributed by atoms with Gasteiger partial charge in [-0.05, 0) is 20.4 Å². The van der Waals surface area contributed by atoms with Gasteiger partial charge in [0.2, 0.25) is 0 Å². The van der Waals surface area contributed by atoms with E-state index in [0.29, 0.717) is 12.6 Å². The minimum Gasteiger partial charge on any atom is -0.394 e. The Labute approximate surface area is 92.2 Å².